The molecule has 32 heavy (non-hydrogen) atoms. The molecule has 168 valence electrons. The van der Waals surface area contributed by atoms with Gasteiger partial charge >= 0.3 is 6.03 Å². The normalized spacial score (nSPS) is 10.2. The minimum Gasteiger partial charge on any atom is -0.493 e. The van der Waals surface area contributed by atoms with E-state index in [1.165, 1.54) is 0 Å². The maximum absolute atomic E-state index is 12.3. The maximum atomic E-state index is 12.3. The first kappa shape index (κ1) is 22.7. The van der Waals surface area contributed by atoms with Crippen LogP contribution in [0.4, 0.5) is 27.7 Å². The van der Waals surface area contributed by atoms with Crippen LogP contribution in [0.5, 0.6) is 17.4 Å². The standard InChI is InChI=1S/C23H27N5O4/c1-5-12-32-22-14-21(24-15(2)25-22)26-16-6-8-17(9-7-16)27-23(29)28-18-10-11-19(30-3)20(13-18)31-4/h6-11,13-14H,5,12H2,1-4H3,(H,24,25,26)(H2,27,28,29). The molecule has 0 bridgehead atoms. The van der Waals surface area contributed by atoms with Crippen LogP contribution >= 0.6 is 0 Å². The van der Waals surface area contributed by atoms with Gasteiger partial charge in [0.1, 0.15) is 11.6 Å². The highest BCUT2D eigenvalue weighted by Gasteiger charge is 2.08. The molecule has 9 nitrogen and oxygen atoms in total. The van der Waals surface area contributed by atoms with Gasteiger partial charge in [0, 0.05) is 29.2 Å². The zero-order valence-corrected chi connectivity index (χ0v) is 18.6. The van der Waals surface area contributed by atoms with Crippen LogP contribution in [0, 0.1) is 6.92 Å². The van der Waals surface area contributed by atoms with Crippen LogP contribution in [0.2, 0.25) is 0 Å². The predicted octanol–water partition coefficient (Wildman–Crippen LogP) is 4.98. The summed E-state index contributed by atoms with van der Waals surface area (Å²) in [6.45, 7) is 4.45. The Hall–Kier alpha value is -4.01. The number of ether oxygens (including phenoxy) is 3. The molecule has 2 amide bonds. The van der Waals surface area contributed by atoms with E-state index in [2.05, 4.69) is 25.9 Å². The fourth-order valence-corrected chi connectivity index (χ4v) is 2.88. The molecule has 0 unspecified atom stereocenters. The molecule has 3 rings (SSSR count). The second-order valence-corrected chi connectivity index (χ2v) is 6.84. The number of aryl methyl sites for hydroxylation is 1. The van der Waals surface area contributed by atoms with Crippen LogP contribution in [-0.4, -0.2) is 36.8 Å². The lowest BCUT2D eigenvalue weighted by molar-refractivity contribution is 0.262. The van der Waals surface area contributed by atoms with Gasteiger partial charge in [0.25, 0.3) is 0 Å². The first-order valence-corrected chi connectivity index (χ1v) is 10.2. The molecule has 0 spiro atoms. The van der Waals surface area contributed by atoms with Crippen molar-refractivity contribution in [2.75, 3.05) is 36.8 Å². The maximum Gasteiger partial charge on any atom is 0.323 e. The van der Waals surface area contributed by atoms with Crippen molar-refractivity contribution in [1.29, 1.82) is 0 Å². The van der Waals surface area contributed by atoms with Gasteiger partial charge in [-0.15, -0.1) is 0 Å². The number of aromatic nitrogens is 2. The molecule has 0 aliphatic heterocycles. The number of hydrogen-bond acceptors (Lipinski definition) is 7. The third kappa shape index (κ3) is 6.24. The smallest absolute Gasteiger partial charge is 0.323 e. The Labute approximate surface area is 187 Å². The van der Waals surface area contributed by atoms with Crippen molar-refractivity contribution in [3.8, 4) is 17.4 Å². The fraction of sp³-hybridized carbons (Fsp3) is 0.261. The van der Waals surface area contributed by atoms with Crippen LogP contribution in [0.25, 0.3) is 0 Å². The molecule has 9 heteroatoms. The lowest BCUT2D eigenvalue weighted by Crippen LogP contribution is -2.19. The molecule has 1 aromatic heterocycles. The Morgan fingerprint density at radius 1 is 0.875 bits per heavy atom. The molecule has 0 saturated heterocycles. The van der Waals surface area contributed by atoms with E-state index in [0.29, 0.717) is 47.0 Å². The molecule has 1 heterocycles. The molecular weight excluding hydrogens is 410 g/mol. The van der Waals surface area contributed by atoms with E-state index in [9.17, 15) is 4.79 Å². The summed E-state index contributed by atoms with van der Waals surface area (Å²) >= 11 is 0. The van der Waals surface area contributed by atoms with E-state index in [-0.39, 0.29) is 6.03 Å². The molecule has 3 N–H and O–H groups in total. The van der Waals surface area contributed by atoms with Gasteiger partial charge in [-0.3, -0.25) is 0 Å². The summed E-state index contributed by atoms with van der Waals surface area (Å²) in [5, 5.41) is 8.78. The van der Waals surface area contributed by atoms with Gasteiger partial charge in [-0.25, -0.2) is 9.78 Å². The second kappa shape index (κ2) is 10.9. The zero-order valence-electron chi connectivity index (χ0n) is 18.6. The number of anilines is 4. The molecule has 0 aliphatic rings. The number of nitrogens with one attached hydrogen (secondary N) is 3. The molecule has 0 aliphatic carbocycles. The average molecular weight is 438 g/mol. The molecule has 0 atom stereocenters. The van der Waals surface area contributed by atoms with Gasteiger partial charge in [0.05, 0.1) is 20.8 Å². The topological polar surface area (TPSA) is 107 Å². The highest BCUT2D eigenvalue weighted by Crippen LogP contribution is 2.29. The first-order valence-electron chi connectivity index (χ1n) is 10.2. The highest BCUT2D eigenvalue weighted by atomic mass is 16.5. The molecule has 2 aromatic carbocycles. The van der Waals surface area contributed by atoms with Gasteiger partial charge in [0.2, 0.25) is 5.88 Å². The third-order valence-electron chi connectivity index (χ3n) is 4.33. The van der Waals surface area contributed by atoms with Crippen molar-refractivity contribution in [2.24, 2.45) is 0 Å². The lowest BCUT2D eigenvalue weighted by Gasteiger charge is -2.12. The monoisotopic (exact) mass is 437 g/mol. The number of methoxy groups -OCH3 is 2. The van der Waals surface area contributed by atoms with Gasteiger partial charge in [-0.1, -0.05) is 6.92 Å². The molecule has 0 radical (unpaired) electrons. The minimum absolute atomic E-state index is 0.373. The number of hydrogen-bond donors (Lipinski definition) is 3. The predicted molar refractivity (Wildman–Crippen MR) is 124 cm³/mol. The minimum atomic E-state index is -0.373. The van der Waals surface area contributed by atoms with Crippen molar-refractivity contribution < 1.29 is 19.0 Å². The summed E-state index contributed by atoms with van der Waals surface area (Å²) in [5.74, 6) is 2.90. The SMILES string of the molecule is CCCOc1cc(Nc2ccc(NC(=O)Nc3ccc(OC)c(OC)c3)cc2)nc(C)n1. The molecular formula is C23H27N5O4. The van der Waals surface area contributed by atoms with Gasteiger partial charge in [-0.05, 0) is 49.7 Å². The summed E-state index contributed by atoms with van der Waals surface area (Å²) in [5.41, 5.74) is 2.04. The summed E-state index contributed by atoms with van der Waals surface area (Å²) in [7, 11) is 3.10. The Balaban J connectivity index is 1.60. The van der Waals surface area contributed by atoms with Crippen molar-refractivity contribution in [2.45, 2.75) is 20.3 Å². The van der Waals surface area contributed by atoms with Crippen LogP contribution in [0.3, 0.4) is 0 Å². The summed E-state index contributed by atoms with van der Waals surface area (Å²) in [6, 6.07) is 13.8. The highest BCUT2D eigenvalue weighted by molar-refractivity contribution is 6.00. The number of carbonyl (C=O) groups excluding carboxylic acids is 1. The van der Waals surface area contributed by atoms with Crippen molar-refractivity contribution >= 4 is 28.9 Å². The summed E-state index contributed by atoms with van der Waals surface area (Å²) in [4.78, 5) is 21.0. The van der Waals surface area contributed by atoms with E-state index >= 15 is 0 Å². The Morgan fingerprint density at radius 3 is 2.22 bits per heavy atom. The lowest BCUT2D eigenvalue weighted by atomic mass is 10.2. The first-order chi connectivity index (χ1) is 15.5. The second-order valence-electron chi connectivity index (χ2n) is 6.84. The Morgan fingerprint density at radius 2 is 1.53 bits per heavy atom. The number of carbonyl (C=O) groups is 1. The van der Waals surface area contributed by atoms with E-state index in [1.807, 2.05) is 26.0 Å². The van der Waals surface area contributed by atoms with Crippen molar-refractivity contribution in [1.82, 2.24) is 9.97 Å². The van der Waals surface area contributed by atoms with Gasteiger partial charge < -0.3 is 30.2 Å². The van der Waals surface area contributed by atoms with E-state index < -0.39 is 0 Å². The summed E-state index contributed by atoms with van der Waals surface area (Å²) < 4.78 is 16.0. The molecule has 0 saturated carbocycles. The van der Waals surface area contributed by atoms with E-state index in [0.717, 1.165) is 12.1 Å². The average Bonchev–Trinajstić information content (AvgIpc) is 2.78. The number of urea groups is 1. The van der Waals surface area contributed by atoms with Crippen LogP contribution in [0.1, 0.15) is 19.2 Å². The third-order valence-corrected chi connectivity index (χ3v) is 4.33. The van der Waals surface area contributed by atoms with E-state index in [4.69, 9.17) is 14.2 Å². The zero-order chi connectivity index (χ0) is 22.9. The largest absolute Gasteiger partial charge is 0.493 e. The summed E-state index contributed by atoms with van der Waals surface area (Å²) in [6.07, 6.45) is 0.903. The number of nitrogens with zero attached hydrogens (tertiary/aromatic N) is 2. The van der Waals surface area contributed by atoms with Gasteiger partial charge in [0.15, 0.2) is 11.5 Å². The van der Waals surface area contributed by atoms with E-state index in [1.54, 1.807) is 50.6 Å². The van der Waals surface area contributed by atoms with Crippen LogP contribution < -0.4 is 30.2 Å². The molecule has 0 fully saturated rings. The van der Waals surface area contributed by atoms with Crippen LogP contribution in [-0.2, 0) is 0 Å². The Kier molecular flexibility index (Phi) is 7.69. The van der Waals surface area contributed by atoms with Crippen LogP contribution in [0.15, 0.2) is 48.5 Å². The van der Waals surface area contributed by atoms with Crippen molar-refractivity contribution in [3.63, 3.8) is 0 Å². The number of benzene rings is 2. The molecule has 3 aromatic rings. The Bertz CT molecular complexity index is 1060. The number of rotatable bonds is 9. The quantitative estimate of drug-likeness (QED) is 0.433. The fourth-order valence-electron chi connectivity index (χ4n) is 2.88. The van der Waals surface area contributed by atoms with Crippen molar-refractivity contribution in [3.05, 3.63) is 54.4 Å². The number of amides is 2. The van der Waals surface area contributed by atoms with Gasteiger partial charge in [-0.2, -0.15) is 4.98 Å².